The quantitative estimate of drug-likeness (QED) is 0.811. The summed E-state index contributed by atoms with van der Waals surface area (Å²) in [6.07, 6.45) is 3.63. The molecule has 1 aromatic heterocycles. The molecule has 1 aliphatic rings. The third kappa shape index (κ3) is 2.07. The number of aromatic nitrogens is 1. The Kier molecular flexibility index (Phi) is 2.68. The molecule has 1 aliphatic carbocycles. The first-order valence-electron chi connectivity index (χ1n) is 5.51. The van der Waals surface area contributed by atoms with E-state index in [-0.39, 0.29) is 5.54 Å². The van der Waals surface area contributed by atoms with Crippen LogP contribution < -0.4 is 5.32 Å². The molecule has 1 fully saturated rings. The lowest BCUT2D eigenvalue weighted by Crippen LogP contribution is -2.35. The van der Waals surface area contributed by atoms with Gasteiger partial charge in [0.25, 0.3) is 0 Å². The zero-order valence-electron chi connectivity index (χ0n) is 9.53. The topological polar surface area (TPSA) is 62.2 Å². The van der Waals surface area contributed by atoms with Crippen LogP contribution in [0.3, 0.4) is 0 Å². The fourth-order valence-corrected chi connectivity index (χ4v) is 1.98. The zero-order valence-corrected chi connectivity index (χ0v) is 9.53. The summed E-state index contributed by atoms with van der Waals surface area (Å²) >= 11 is 0. The van der Waals surface area contributed by atoms with Crippen molar-refractivity contribution in [3.05, 3.63) is 29.6 Å². The number of carboxylic acid groups (broad SMARTS) is 1. The Morgan fingerprint density at radius 2 is 2.25 bits per heavy atom. The predicted molar refractivity (Wildman–Crippen MR) is 60.4 cm³/mol. The van der Waals surface area contributed by atoms with Crippen LogP contribution in [0.5, 0.6) is 0 Å². The van der Waals surface area contributed by atoms with Gasteiger partial charge in [-0.15, -0.1) is 0 Å². The van der Waals surface area contributed by atoms with Crippen LogP contribution in [-0.2, 0) is 5.54 Å². The summed E-state index contributed by atoms with van der Waals surface area (Å²) < 4.78 is 0. The van der Waals surface area contributed by atoms with Crippen LogP contribution in [0.4, 0.5) is 0 Å². The number of carbonyl (C=O) groups is 1. The Hall–Kier alpha value is -1.42. The number of carboxylic acids is 1. The molecular formula is C12H16N2O2. The molecule has 4 nitrogen and oxygen atoms in total. The highest BCUT2D eigenvalue weighted by atomic mass is 16.4. The Balaban J connectivity index is 2.27. The number of aromatic carboxylic acids is 1. The van der Waals surface area contributed by atoms with E-state index in [1.54, 1.807) is 12.3 Å². The highest BCUT2D eigenvalue weighted by Gasteiger charge is 2.45. The van der Waals surface area contributed by atoms with Crippen molar-refractivity contribution in [2.75, 3.05) is 0 Å². The van der Waals surface area contributed by atoms with Crippen LogP contribution in [0.15, 0.2) is 18.3 Å². The van der Waals surface area contributed by atoms with E-state index in [0.717, 1.165) is 18.5 Å². The first kappa shape index (κ1) is 11.1. The number of nitrogens with zero attached hydrogens (tertiary/aromatic N) is 1. The molecule has 86 valence electrons. The largest absolute Gasteiger partial charge is 0.478 e. The van der Waals surface area contributed by atoms with Crippen LogP contribution in [0, 0.1) is 0 Å². The summed E-state index contributed by atoms with van der Waals surface area (Å²) in [5.74, 6) is -0.899. The predicted octanol–water partition coefficient (Wildman–Crippen LogP) is 1.77. The summed E-state index contributed by atoms with van der Waals surface area (Å²) in [4.78, 5) is 15.2. The van der Waals surface area contributed by atoms with Gasteiger partial charge >= 0.3 is 5.97 Å². The molecule has 1 aromatic rings. The third-order valence-corrected chi connectivity index (χ3v) is 2.81. The van der Waals surface area contributed by atoms with Crippen molar-refractivity contribution in [1.29, 1.82) is 0 Å². The summed E-state index contributed by atoms with van der Waals surface area (Å²) in [5, 5.41) is 12.4. The van der Waals surface area contributed by atoms with Gasteiger partial charge < -0.3 is 10.4 Å². The molecule has 4 heteroatoms. The molecule has 0 amide bonds. The van der Waals surface area contributed by atoms with Crippen LogP contribution in [-0.4, -0.2) is 22.1 Å². The number of pyridine rings is 1. The summed E-state index contributed by atoms with van der Waals surface area (Å²) in [7, 11) is 0. The van der Waals surface area contributed by atoms with E-state index < -0.39 is 5.97 Å². The molecule has 1 saturated carbocycles. The minimum Gasteiger partial charge on any atom is -0.478 e. The van der Waals surface area contributed by atoms with E-state index in [1.165, 1.54) is 6.07 Å². The fraction of sp³-hybridized carbons (Fsp3) is 0.500. The highest BCUT2D eigenvalue weighted by Crippen LogP contribution is 2.45. The molecule has 0 saturated heterocycles. The van der Waals surface area contributed by atoms with Crippen molar-refractivity contribution in [2.24, 2.45) is 0 Å². The minimum atomic E-state index is -0.899. The molecule has 0 atom stereocenters. The molecular weight excluding hydrogens is 204 g/mol. The van der Waals surface area contributed by atoms with Crippen molar-refractivity contribution < 1.29 is 9.90 Å². The van der Waals surface area contributed by atoms with Gasteiger partial charge in [-0.1, -0.05) is 0 Å². The van der Waals surface area contributed by atoms with Crippen molar-refractivity contribution in [3.8, 4) is 0 Å². The zero-order chi connectivity index (χ0) is 11.8. The summed E-state index contributed by atoms with van der Waals surface area (Å²) in [6.45, 7) is 4.17. The molecule has 0 radical (unpaired) electrons. The smallest absolute Gasteiger partial charge is 0.335 e. The molecule has 0 bridgehead atoms. The van der Waals surface area contributed by atoms with Crippen LogP contribution in [0.25, 0.3) is 0 Å². The number of hydrogen-bond donors (Lipinski definition) is 2. The van der Waals surface area contributed by atoms with E-state index in [0.29, 0.717) is 11.6 Å². The van der Waals surface area contributed by atoms with Crippen molar-refractivity contribution in [1.82, 2.24) is 10.3 Å². The van der Waals surface area contributed by atoms with Crippen LogP contribution in [0.2, 0.25) is 0 Å². The average Bonchev–Trinajstić information content (AvgIpc) is 2.98. The van der Waals surface area contributed by atoms with Gasteiger partial charge in [0.1, 0.15) is 0 Å². The second-order valence-electron chi connectivity index (χ2n) is 4.62. The van der Waals surface area contributed by atoms with Crippen LogP contribution in [0.1, 0.15) is 42.7 Å². The molecule has 0 spiro atoms. The number of rotatable bonds is 4. The highest BCUT2D eigenvalue weighted by molar-refractivity contribution is 5.87. The van der Waals surface area contributed by atoms with Crippen molar-refractivity contribution >= 4 is 5.97 Å². The maximum Gasteiger partial charge on any atom is 0.335 e. The van der Waals surface area contributed by atoms with Crippen molar-refractivity contribution in [3.63, 3.8) is 0 Å². The van der Waals surface area contributed by atoms with E-state index >= 15 is 0 Å². The van der Waals surface area contributed by atoms with E-state index in [9.17, 15) is 4.79 Å². The second kappa shape index (κ2) is 3.87. The van der Waals surface area contributed by atoms with Gasteiger partial charge in [-0.05, 0) is 38.8 Å². The fourth-order valence-electron chi connectivity index (χ4n) is 1.98. The lowest BCUT2D eigenvalue weighted by molar-refractivity contribution is 0.0696. The van der Waals surface area contributed by atoms with Crippen molar-refractivity contribution in [2.45, 2.75) is 38.3 Å². The number of nitrogens with one attached hydrogen (secondary N) is 1. The first-order chi connectivity index (χ1) is 7.53. The molecule has 0 unspecified atom stereocenters. The third-order valence-electron chi connectivity index (χ3n) is 2.81. The lowest BCUT2D eigenvalue weighted by atomic mass is 10.1. The van der Waals surface area contributed by atoms with Crippen LogP contribution >= 0.6 is 0 Å². The van der Waals surface area contributed by atoms with Gasteiger partial charge in [0, 0.05) is 12.2 Å². The minimum absolute atomic E-state index is 0.0837. The second-order valence-corrected chi connectivity index (χ2v) is 4.62. The monoisotopic (exact) mass is 220 g/mol. The average molecular weight is 220 g/mol. The Morgan fingerprint density at radius 1 is 1.56 bits per heavy atom. The Bertz CT molecular complexity index is 411. The van der Waals surface area contributed by atoms with Gasteiger partial charge in [0.15, 0.2) is 0 Å². The van der Waals surface area contributed by atoms with E-state index in [4.69, 9.17) is 5.11 Å². The summed E-state index contributed by atoms with van der Waals surface area (Å²) in [5.41, 5.74) is 1.07. The van der Waals surface area contributed by atoms with Gasteiger partial charge in [0.2, 0.25) is 0 Å². The maximum absolute atomic E-state index is 10.9. The molecule has 0 aliphatic heterocycles. The van der Waals surface area contributed by atoms with Gasteiger partial charge in [-0.25, -0.2) is 4.79 Å². The lowest BCUT2D eigenvalue weighted by Gasteiger charge is -2.19. The number of hydrogen-bond acceptors (Lipinski definition) is 3. The SMILES string of the molecule is CC(C)NC1(c2cc(C(=O)O)ccn2)CC1. The van der Waals surface area contributed by atoms with Gasteiger partial charge in [-0.2, -0.15) is 0 Å². The first-order valence-corrected chi connectivity index (χ1v) is 5.51. The Labute approximate surface area is 94.7 Å². The van der Waals surface area contributed by atoms with E-state index in [1.807, 2.05) is 0 Å². The van der Waals surface area contributed by atoms with E-state index in [2.05, 4.69) is 24.1 Å². The van der Waals surface area contributed by atoms with Gasteiger partial charge in [-0.3, -0.25) is 4.98 Å². The maximum atomic E-state index is 10.9. The molecule has 0 aromatic carbocycles. The standard InChI is InChI=1S/C12H16N2O2/c1-8(2)14-12(4-5-12)10-7-9(11(15)16)3-6-13-10/h3,6-8,14H,4-5H2,1-2H3,(H,15,16). The molecule has 16 heavy (non-hydrogen) atoms. The normalized spacial score (nSPS) is 17.4. The molecule has 2 N–H and O–H groups in total. The van der Waals surface area contributed by atoms with Gasteiger partial charge in [0.05, 0.1) is 16.8 Å². The molecule has 1 heterocycles. The molecule has 2 rings (SSSR count). The Morgan fingerprint density at radius 3 is 2.75 bits per heavy atom. The summed E-state index contributed by atoms with van der Waals surface area (Å²) in [6, 6.07) is 3.57.